The van der Waals surface area contributed by atoms with E-state index in [1.165, 1.54) is 11.1 Å². The summed E-state index contributed by atoms with van der Waals surface area (Å²) in [5, 5.41) is 11.4. The minimum absolute atomic E-state index is 0.0121. The van der Waals surface area contributed by atoms with Crippen molar-refractivity contribution in [3.05, 3.63) is 72.1 Å². The molecule has 1 N–H and O–H groups in total. The van der Waals surface area contributed by atoms with Crippen molar-refractivity contribution in [2.75, 3.05) is 24.7 Å². The number of benzene rings is 2. The van der Waals surface area contributed by atoms with Crippen molar-refractivity contribution in [3.8, 4) is 0 Å². The maximum absolute atomic E-state index is 13.4. The van der Waals surface area contributed by atoms with E-state index in [1.807, 2.05) is 47.5 Å². The molecule has 2 aliphatic rings. The number of aromatic nitrogens is 3. The van der Waals surface area contributed by atoms with Gasteiger partial charge in [0.05, 0.1) is 49.4 Å². The predicted octanol–water partition coefficient (Wildman–Crippen LogP) is 2.27. The van der Waals surface area contributed by atoms with E-state index in [4.69, 9.17) is 4.74 Å². The predicted molar refractivity (Wildman–Crippen MR) is 109 cm³/mol. The van der Waals surface area contributed by atoms with E-state index in [1.54, 1.807) is 10.9 Å². The molecule has 148 valence electrons. The molecule has 29 heavy (non-hydrogen) atoms. The van der Waals surface area contributed by atoms with Crippen molar-refractivity contribution >= 4 is 17.3 Å². The van der Waals surface area contributed by atoms with E-state index in [-0.39, 0.29) is 24.5 Å². The fourth-order valence-corrected chi connectivity index (χ4v) is 4.24. The maximum Gasteiger partial charge on any atom is 0.245 e. The Labute approximate surface area is 169 Å². The molecule has 1 aromatic heterocycles. The van der Waals surface area contributed by atoms with Gasteiger partial charge >= 0.3 is 0 Å². The lowest BCUT2D eigenvalue weighted by molar-refractivity contribution is -0.117. The van der Waals surface area contributed by atoms with Crippen LogP contribution in [0.1, 0.15) is 17.2 Å². The Morgan fingerprint density at radius 3 is 2.38 bits per heavy atom. The van der Waals surface area contributed by atoms with Gasteiger partial charge in [-0.2, -0.15) is 0 Å². The second-order valence-corrected chi connectivity index (χ2v) is 7.46. The van der Waals surface area contributed by atoms with Crippen LogP contribution in [0, 0.1) is 0 Å². The molecule has 1 amide bonds. The molecule has 1 saturated heterocycles. The van der Waals surface area contributed by atoms with E-state index >= 15 is 0 Å². The number of hydrogen-bond donors (Lipinski definition) is 1. The molecule has 0 unspecified atom stereocenters. The summed E-state index contributed by atoms with van der Waals surface area (Å²) in [6.07, 6.45) is 5.34. The van der Waals surface area contributed by atoms with Gasteiger partial charge in [0.1, 0.15) is 0 Å². The number of hydrogen-bond acceptors (Lipinski definition) is 5. The second kappa shape index (κ2) is 7.77. The van der Waals surface area contributed by atoms with Crippen LogP contribution in [0.5, 0.6) is 0 Å². The van der Waals surface area contributed by atoms with Gasteiger partial charge in [0, 0.05) is 6.20 Å². The normalized spacial score (nSPS) is 20.8. The van der Waals surface area contributed by atoms with Crippen LogP contribution in [0.15, 0.2) is 60.9 Å². The Kier molecular flexibility index (Phi) is 4.83. The summed E-state index contributed by atoms with van der Waals surface area (Å²) < 4.78 is 7.43. The Morgan fingerprint density at radius 1 is 1.03 bits per heavy atom. The third-order valence-corrected chi connectivity index (χ3v) is 5.72. The number of carbonyl (C=O) groups excluding carboxylic acids is 1. The fraction of sp³-hybridized carbons (Fsp3) is 0.318. The number of ether oxygens (including phenoxy) is 1. The first-order valence-electron chi connectivity index (χ1n) is 9.97. The highest BCUT2D eigenvalue weighted by molar-refractivity contribution is 6.03. The molecular formula is C22H23N5O2. The van der Waals surface area contributed by atoms with Crippen LogP contribution in [0.2, 0.25) is 0 Å². The molecule has 5 rings (SSSR count). The summed E-state index contributed by atoms with van der Waals surface area (Å²) in [6.45, 7) is 1.33. The monoisotopic (exact) mass is 389 g/mol. The number of nitrogens with one attached hydrogen (secondary N) is 1. The summed E-state index contributed by atoms with van der Waals surface area (Å²) in [5.74, 6) is 0.0241. The third kappa shape index (κ3) is 3.43. The molecule has 1 fully saturated rings. The van der Waals surface area contributed by atoms with Crippen molar-refractivity contribution in [1.29, 1.82) is 0 Å². The summed E-state index contributed by atoms with van der Waals surface area (Å²) >= 11 is 0. The fourth-order valence-electron chi connectivity index (χ4n) is 4.24. The van der Waals surface area contributed by atoms with Gasteiger partial charge in [0.15, 0.2) is 0 Å². The zero-order chi connectivity index (χ0) is 19.6. The SMILES string of the molecule is O=C(CN[C@@H]1COC[C@@H]1n1ccnn1)N1c2ccccc2CCc2ccccc21. The largest absolute Gasteiger partial charge is 0.377 e. The topological polar surface area (TPSA) is 72.3 Å². The molecule has 3 aromatic rings. The number of aryl methyl sites for hydroxylation is 2. The van der Waals surface area contributed by atoms with Crippen molar-refractivity contribution in [3.63, 3.8) is 0 Å². The highest BCUT2D eigenvalue weighted by Gasteiger charge is 2.32. The van der Waals surface area contributed by atoms with Crippen LogP contribution >= 0.6 is 0 Å². The number of anilines is 2. The van der Waals surface area contributed by atoms with Gasteiger partial charge in [0.25, 0.3) is 0 Å². The molecule has 0 spiro atoms. The number of rotatable bonds is 4. The molecule has 2 aromatic carbocycles. The zero-order valence-electron chi connectivity index (χ0n) is 16.1. The van der Waals surface area contributed by atoms with Crippen molar-refractivity contribution in [2.24, 2.45) is 0 Å². The summed E-state index contributed by atoms with van der Waals surface area (Å²) in [7, 11) is 0. The standard InChI is InChI=1S/C22H23N5O2/c28-22(13-23-18-14-29-15-21(18)26-12-11-24-25-26)27-19-7-3-1-5-16(19)9-10-17-6-2-4-8-20(17)27/h1-8,11-12,18,21,23H,9-10,13-15H2/t18-,21+/m1/s1. The number of amides is 1. The molecule has 7 heteroatoms. The maximum atomic E-state index is 13.4. The number of fused-ring (bicyclic) bond motifs is 2. The lowest BCUT2D eigenvalue weighted by Crippen LogP contribution is -2.43. The van der Waals surface area contributed by atoms with Crippen molar-refractivity contribution < 1.29 is 9.53 Å². The average molecular weight is 389 g/mol. The minimum atomic E-state index is 0.0121. The first-order valence-corrected chi connectivity index (χ1v) is 9.97. The molecule has 3 heterocycles. The highest BCUT2D eigenvalue weighted by Crippen LogP contribution is 2.35. The smallest absolute Gasteiger partial charge is 0.245 e. The molecule has 0 saturated carbocycles. The van der Waals surface area contributed by atoms with Crippen molar-refractivity contribution in [2.45, 2.75) is 24.9 Å². The van der Waals surface area contributed by atoms with Crippen LogP contribution in [-0.4, -0.2) is 46.7 Å². The Hall–Kier alpha value is -3.03. The lowest BCUT2D eigenvalue weighted by atomic mass is 10.0. The second-order valence-electron chi connectivity index (χ2n) is 7.46. The summed E-state index contributed by atoms with van der Waals surface area (Å²) in [4.78, 5) is 15.3. The van der Waals surface area contributed by atoms with Crippen molar-refractivity contribution in [1.82, 2.24) is 20.3 Å². The first kappa shape index (κ1) is 18.0. The Balaban J connectivity index is 1.39. The summed E-state index contributed by atoms with van der Waals surface area (Å²) in [6, 6.07) is 16.4. The minimum Gasteiger partial charge on any atom is -0.377 e. The van der Waals surface area contributed by atoms with Crippen LogP contribution < -0.4 is 10.2 Å². The van der Waals surface area contributed by atoms with Gasteiger partial charge in [-0.15, -0.1) is 5.10 Å². The number of carbonyl (C=O) groups is 1. The van der Waals surface area contributed by atoms with Crippen LogP contribution in [0.3, 0.4) is 0 Å². The molecule has 0 bridgehead atoms. The third-order valence-electron chi connectivity index (χ3n) is 5.72. The molecule has 7 nitrogen and oxygen atoms in total. The van der Waals surface area contributed by atoms with Gasteiger partial charge in [-0.05, 0) is 36.1 Å². The lowest BCUT2D eigenvalue weighted by Gasteiger charge is -2.26. The van der Waals surface area contributed by atoms with E-state index in [0.717, 1.165) is 24.2 Å². The van der Waals surface area contributed by atoms with Gasteiger partial charge < -0.3 is 10.1 Å². The first-order chi connectivity index (χ1) is 14.3. The van der Waals surface area contributed by atoms with E-state index in [2.05, 4.69) is 27.8 Å². The van der Waals surface area contributed by atoms with Gasteiger partial charge in [0.2, 0.25) is 5.91 Å². The molecule has 0 radical (unpaired) electrons. The van der Waals surface area contributed by atoms with E-state index in [0.29, 0.717) is 13.2 Å². The molecular weight excluding hydrogens is 366 g/mol. The van der Waals surface area contributed by atoms with Gasteiger partial charge in [-0.1, -0.05) is 41.6 Å². The quantitative estimate of drug-likeness (QED) is 0.741. The van der Waals surface area contributed by atoms with E-state index in [9.17, 15) is 4.79 Å². The molecule has 0 aliphatic carbocycles. The Morgan fingerprint density at radius 2 is 1.72 bits per heavy atom. The number of nitrogens with zero attached hydrogens (tertiary/aromatic N) is 4. The molecule has 2 atom stereocenters. The number of para-hydroxylation sites is 2. The summed E-state index contributed by atoms with van der Waals surface area (Å²) in [5.41, 5.74) is 4.34. The average Bonchev–Trinajstić information content (AvgIpc) is 3.41. The zero-order valence-corrected chi connectivity index (χ0v) is 16.1. The Bertz CT molecular complexity index is 956. The van der Waals surface area contributed by atoms with E-state index < -0.39 is 0 Å². The highest BCUT2D eigenvalue weighted by atomic mass is 16.5. The van der Waals surface area contributed by atoms with Crippen LogP contribution in [0.4, 0.5) is 11.4 Å². The van der Waals surface area contributed by atoms with Gasteiger partial charge in [-0.25, -0.2) is 4.68 Å². The van der Waals surface area contributed by atoms with Crippen LogP contribution in [0.25, 0.3) is 0 Å². The molecule has 2 aliphatic heterocycles. The van der Waals surface area contributed by atoms with Crippen LogP contribution in [-0.2, 0) is 22.4 Å². The van der Waals surface area contributed by atoms with Gasteiger partial charge in [-0.3, -0.25) is 9.69 Å².